The van der Waals surface area contributed by atoms with Crippen LogP contribution < -0.4 is 0 Å². The Morgan fingerprint density at radius 1 is 1.33 bits per heavy atom. The molecular weight excluding hydrogens is 234 g/mol. The molecule has 4 nitrogen and oxygen atoms in total. The summed E-state index contributed by atoms with van der Waals surface area (Å²) in [5.41, 5.74) is -0.485. The van der Waals surface area contributed by atoms with Crippen LogP contribution >= 0.6 is 0 Å². The number of hydrogen-bond acceptors (Lipinski definition) is 4. The van der Waals surface area contributed by atoms with Gasteiger partial charge in [-0.2, -0.15) is 5.26 Å². The van der Waals surface area contributed by atoms with Crippen molar-refractivity contribution in [2.75, 3.05) is 23.5 Å². The lowest BCUT2D eigenvalue weighted by molar-refractivity contribution is 0.479. The van der Waals surface area contributed by atoms with Gasteiger partial charge in [0, 0.05) is 28.6 Å². The summed E-state index contributed by atoms with van der Waals surface area (Å²) in [7, 11) is -4.18. The quantitative estimate of drug-likeness (QED) is 0.697. The highest BCUT2D eigenvalue weighted by molar-refractivity contribution is 7.92. The van der Waals surface area contributed by atoms with Crippen LogP contribution in [0.2, 0.25) is 0 Å². The molecule has 0 saturated heterocycles. The molecule has 0 saturated carbocycles. The van der Waals surface area contributed by atoms with Crippen LogP contribution in [0.1, 0.15) is 20.3 Å². The lowest BCUT2D eigenvalue weighted by Gasteiger charge is -2.13. The maximum Gasteiger partial charge on any atom is 0.148 e. The van der Waals surface area contributed by atoms with Gasteiger partial charge in [-0.25, -0.2) is 8.42 Å². The van der Waals surface area contributed by atoms with E-state index >= 15 is 0 Å². The van der Waals surface area contributed by atoms with E-state index in [1.54, 1.807) is 13.8 Å². The normalized spacial score (nSPS) is 14.5. The number of hydrogen-bond donors (Lipinski definition) is 0. The summed E-state index contributed by atoms with van der Waals surface area (Å²) >= 11 is 0. The largest absolute Gasteiger partial charge is 0.260 e. The number of rotatable bonds is 6. The summed E-state index contributed by atoms with van der Waals surface area (Å²) < 4.78 is 33.0. The maximum absolute atomic E-state index is 11.4. The third kappa shape index (κ3) is 8.58. The Labute approximate surface area is 94.1 Å². The minimum Gasteiger partial charge on any atom is -0.260 e. The van der Waals surface area contributed by atoms with E-state index in [1.807, 2.05) is 0 Å². The monoisotopic (exact) mass is 251 g/mol. The van der Waals surface area contributed by atoms with Gasteiger partial charge in [0.05, 0.1) is 17.2 Å². The van der Waals surface area contributed by atoms with Crippen LogP contribution in [-0.4, -0.2) is 36.1 Å². The Bertz CT molecular complexity index is 365. The van der Waals surface area contributed by atoms with E-state index < -0.39 is 26.1 Å². The van der Waals surface area contributed by atoms with E-state index in [-0.39, 0.29) is 11.5 Å². The molecule has 0 fully saturated rings. The predicted octanol–water partition coefficient (Wildman–Crippen LogP) is 0.720. The molecule has 1 atom stereocenters. The second-order valence-corrected chi connectivity index (χ2v) is 8.18. The molecule has 0 aliphatic carbocycles. The molecule has 0 aromatic carbocycles. The van der Waals surface area contributed by atoms with Crippen LogP contribution in [0.3, 0.4) is 0 Å². The first-order valence-electron chi connectivity index (χ1n) is 4.60. The molecule has 0 heterocycles. The van der Waals surface area contributed by atoms with Crippen molar-refractivity contribution in [2.24, 2.45) is 5.41 Å². The molecule has 0 aliphatic heterocycles. The molecular formula is C9H17NO3S2. The molecule has 0 aromatic heterocycles. The summed E-state index contributed by atoms with van der Waals surface area (Å²) in [6, 6.07) is 2.12. The van der Waals surface area contributed by atoms with Crippen LogP contribution in [-0.2, 0) is 20.6 Å². The summed E-state index contributed by atoms with van der Waals surface area (Å²) in [5.74, 6) is 0.503. The highest BCUT2D eigenvalue weighted by atomic mass is 32.2. The van der Waals surface area contributed by atoms with Gasteiger partial charge >= 0.3 is 0 Å². The van der Waals surface area contributed by atoms with Crippen molar-refractivity contribution in [3.05, 3.63) is 0 Å². The van der Waals surface area contributed by atoms with Gasteiger partial charge < -0.3 is 0 Å². The number of nitrogens with zero attached hydrogens (tertiary/aromatic N) is 1. The Kier molecular flexibility index (Phi) is 5.46. The summed E-state index contributed by atoms with van der Waals surface area (Å²) in [5, 5.41) is 8.72. The second-order valence-electron chi connectivity index (χ2n) is 4.22. The molecule has 0 bridgehead atoms. The first kappa shape index (κ1) is 14.6. The molecule has 6 heteroatoms. The second kappa shape index (κ2) is 5.61. The molecule has 0 amide bonds. The Morgan fingerprint density at radius 2 is 1.87 bits per heavy atom. The Hall–Kier alpha value is -0.410. The molecule has 1 unspecified atom stereocenters. The van der Waals surface area contributed by atoms with E-state index in [0.717, 1.165) is 6.26 Å². The molecule has 0 radical (unpaired) electrons. The molecule has 0 spiro atoms. The highest BCUT2D eigenvalue weighted by Crippen LogP contribution is 2.18. The third-order valence-corrected chi connectivity index (χ3v) is 4.46. The van der Waals surface area contributed by atoms with E-state index in [2.05, 4.69) is 6.07 Å². The summed E-state index contributed by atoms with van der Waals surface area (Å²) in [6.07, 6.45) is 1.66. The van der Waals surface area contributed by atoms with Crippen molar-refractivity contribution in [3.8, 4) is 6.07 Å². The molecule has 0 rings (SSSR count). The van der Waals surface area contributed by atoms with Gasteiger partial charge in [0.25, 0.3) is 0 Å². The van der Waals surface area contributed by atoms with Gasteiger partial charge in [0.1, 0.15) is 9.84 Å². The first-order valence-corrected chi connectivity index (χ1v) is 8.15. The van der Waals surface area contributed by atoms with Crippen LogP contribution in [0, 0.1) is 16.7 Å². The van der Waals surface area contributed by atoms with Crippen LogP contribution in [0.4, 0.5) is 0 Å². The zero-order valence-electron chi connectivity index (χ0n) is 9.32. The van der Waals surface area contributed by atoms with Crippen molar-refractivity contribution < 1.29 is 12.6 Å². The lowest BCUT2D eigenvalue weighted by atomic mass is 9.93. The van der Waals surface area contributed by atoms with Crippen molar-refractivity contribution in [1.29, 1.82) is 5.26 Å². The SMILES string of the molecule is CC(C)(C#N)CCS(=O)CCS(C)(=O)=O. The van der Waals surface area contributed by atoms with Gasteiger partial charge in [-0.15, -0.1) is 0 Å². The average molecular weight is 251 g/mol. The van der Waals surface area contributed by atoms with Crippen molar-refractivity contribution in [3.63, 3.8) is 0 Å². The standard InChI is InChI=1S/C9H17NO3S2/c1-9(2,8-10)4-5-14(11)6-7-15(3,12)13/h4-7H2,1-3H3. The maximum atomic E-state index is 11.4. The Morgan fingerprint density at radius 3 is 2.27 bits per heavy atom. The van der Waals surface area contributed by atoms with Gasteiger partial charge in [0.15, 0.2) is 0 Å². The van der Waals surface area contributed by atoms with Crippen LogP contribution in [0.5, 0.6) is 0 Å². The fraction of sp³-hybridized carbons (Fsp3) is 0.889. The smallest absolute Gasteiger partial charge is 0.148 e. The van der Waals surface area contributed by atoms with E-state index in [1.165, 1.54) is 0 Å². The van der Waals surface area contributed by atoms with Crippen molar-refractivity contribution in [1.82, 2.24) is 0 Å². The topological polar surface area (TPSA) is 75.0 Å². The summed E-state index contributed by atoms with van der Waals surface area (Å²) in [4.78, 5) is 0. The minimum atomic E-state index is -3.04. The van der Waals surface area contributed by atoms with E-state index in [0.29, 0.717) is 12.2 Å². The fourth-order valence-corrected chi connectivity index (χ4v) is 3.67. The average Bonchev–Trinajstić information content (AvgIpc) is 2.10. The predicted molar refractivity (Wildman–Crippen MR) is 61.6 cm³/mol. The van der Waals surface area contributed by atoms with Gasteiger partial charge in [0.2, 0.25) is 0 Å². The first-order chi connectivity index (χ1) is 6.66. The van der Waals surface area contributed by atoms with E-state index in [9.17, 15) is 12.6 Å². The molecule has 0 N–H and O–H groups in total. The number of nitriles is 1. The fourth-order valence-electron chi connectivity index (χ4n) is 0.771. The van der Waals surface area contributed by atoms with E-state index in [4.69, 9.17) is 5.26 Å². The Balaban J connectivity index is 3.93. The third-order valence-electron chi connectivity index (χ3n) is 1.94. The minimum absolute atomic E-state index is 0.0490. The lowest BCUT2D eigenvalue weighted by Crippen LogP contribution is -2.17. The molecule has 0 aromatic rings. The van der Waals surface area contributed by atoms with Crippen molar-refractivity contribution >= 4 is 20.6 Å². The highest BCUT2D eigenvalue weighted by Gasteiger charge is 2.18. The zero-order chi connectivity index (χ0) is 12.1. The molecule has 0 aliphatic rings. The van der Waals surface area contributed by atoms with Gasteiger partial charge in [-0.3, -0.25) is 4.21 Å². The zero-order valence-corrected chi connectivity index (χ0v) is 10.9. The van der Waals surface area contributed by atoms with Crippen molar-refractivity contribution in [2.45, 2.75) is 20.3 Å². The molecule has 15 heavy (non-hydrogen) atoms. The number of sulfone groups is 1. The van der Waals surface area contributed by atoms with Crippen LogP contribution in [0.15, 0.2) is 0 Å². The van der Waals surface area contributed by atoms with Gasteiger partial charge in [-0.05, 0) is 20.3 Å². The summed E-state index contributed by atoms with van der Waals surface area (Å²) in [6.45, 7) is 3.56. The molecule has 88 valence electrons. The van der Waals surface area contributed by atoms with Gasteiger partial charge in [-0.1, -0.05) is 0 Å². The van der Waals surface area contributed by atoms with Crippen LogP contribution in [0.25, 0.3) is 0 Å².